The van der Waals surface area contributed by atoms with Gasteiger partial charge in [0.1, 0.15) is 0 Å². The molecule has 2 aliphatic rings. The van der Waals surface area contributed by atoms with Crippen LogP contribution in [0.15, 0.2) is 24.3 Å². The van der Waals surface area contributed by atoms with Crippen molar-refractivity contribution in [2.45, 2.75) is 13.0 Å². The molecule has 2 aliphatic heterocycles. The Kier molecular flexibility index (Phi) is 6.64. The Bertz CT molecular complexity index is 610. The summed E-state index contributed by atoms with van der Waals surface area (Å²) in [5.41, 5.74) is 2.72. The van der Waals surface area contributed by atoms with Crippen LogP contribution in [-0.4, -0.2) is 90.3 Å². The predicted molar refractivity (Wildman–Crippen MR) is 101 cm³/mol. The number of likely N-dealkylation sites (tertiary alicyclic amines) is 1. The highest BCUT2D eigenvalue weighted by atomic mass is 16.3. The second-order valence-corrected chi connectivity index (χ2v) is 7.72. The minimum absolute atomic E-state index is 0.110. The summed E-state index contributed by atoms with van der Waals surface area (Å²) in [5.74, 6) is 0.555. The molecule has 6 nitrogen and oxygen atoms in total. The van der Waals surface area contributed by atoms with E-state index in [0.717, 1.165) is 26.1 Å². The molecule has 0 saturated carbocycles. The van der Waals surface area contributed by atoms with Gasteiger partial charge in [-0.2, -0.15) is 0 Å². The van der Waals surface area contributed by atoms with Crippen molar-refractivity contribution in [3.8, 4) is 0 Å². The smallest absolute Gasteiger partial charge is 0.236 e. The fraction of sp³-hybridized carbons (Fsp3) is 0.650. The van der Waals surface area contributed by atoms with E-state index in [-0.39, 0.29) is 31.0 Å². The van der Waals surface area contributed by atoms with E-state index < -0.39 is 0 Å². The Hall–Kier alpha value is -1.47. The number of aliphatic hydroxyl groups is 2. The fourth-order valence-corrected chi connectivity index (χ4v) is 4.20. The summed E-state index contributed by atoms with van der Waals surface area (Å²) in [6.07, 6.45) is 0.997. The number of amides is 1. The maximum Gasteiger partial charge on any atom is 0.236 e. The lowest BCUT2D eigenvalue weighted by molar-refractivity contribution is -0.131. The van der Waals surface area contributed by atoms with Gasteiger partial charge in [-0.1, -0.05) is 24.3 Å². The molecule has 1 amide bonds. The van der Waals surface area contributed by atoms with E-state index in [2.05, 4.69) is 34.1 Å². The number of rotatable bonds is 7. The van der Waals surface area contributed by atoms with Crippen LogP contribution in [0.5, 0.6) is 0 Å². The Morgan fingerprint density at radius 1 is 1.19 bits per heavy atom. The number of nitrogens with zero attached hydrogens (tertiary/aromatic N) is 3. The fourth-order valence-electron chi connectivity index (χ4n) is 4.20. The molecule has 3 rings (SSSR count). The van der Waals surface area contributed by atoms with Crippen molar-refractivity contribution in [3.05, 3.63) is 35.4 Å². The molecule has 1 fully saturated rings. The van der Waals surface area contributed by atoms with Gasteiger partial charge in [0, 0.05) is 51.8 Å². The molecule has 0 radical (unpaired) electrons. The molecular weight excluding hydrogens is 330 g/mol. The molecule has 144 valence electrons. The number of likely N-dealkylation sites (N-methyl/N-ethyl adjacent to an activating group) is 1. The van der Waals surface area contributed by atoms with Crippen molar-refractivity contribution in [1.29, 1.82) is 0 Å². The molecule has 1 aromatic rings. The first kappa shape index (κ1) is 19.3. The third-order valence-electron chi connectivity index (χ3n) is 5.76. The van der Waals surface area contributed by atoms with Gasteiger partial charge in [-0.15, -0.1) is 0 Å². The third kappa shape index (κ3) is 4.62. The monoisotopic (exact) mass is 361 g/mol. The molecule has 6 heteroatoms. The normalized spacial score (nSPS) is 23.5. The SMILES string of the molecule is CN(CCO)C[C@@H]1CN(C(=O)CN2CCc3ccccc3C2)C[C@@H]1CO. The first-order valence-corrected chi connectivity index (χ1v) is 9.58. The highest BCUT2D eigenvalue weighted by Gasteiger charge is 2.35. The summed E-state index contributed by atoms with van der Waals surface area (Å²) in [5, 5.41) is 18.8. The Labute approximate surface area is 156 Å². The summed E-state index contributed by atoms with van der Waals surface area (Å²) in [4.78, 5) is 19.0. The lowest BCUT2D eigenvalue weighted by atomic mass is 9.96. The average molecular weight is 361 g/mol. The largest absolute Gasteiger partial charge is 0.396 e. The van der Waals surface area contributed by atoms with Gasteiger partial charge in [-0.3, -0.25) is 9.69 Å². The number of fused-ring (bicyclic) bond motifs is 1. The second kappa shape index (κ2) is 8.95. The summed E-state index contributed by atoms with van der Waals surface area (Å²) in [6.45, 7) is 5.20. The van der Waals surface area contributed by atoms with Crippen LogP contribution in [0.25, 0.3) is 0 Å². The van der Waals surface area contributed by atoms with Gasteiger partial charge in [-0.05, 0) is 30.5 Å². The number of carbonyl (C=O) groups is 1. The Morgan fingerprint density at radius 2 is 1.92 bits per heavy atom. The number of hydrogen-bond acceptors (Lipinski definition) is 5. The molecule has 2 heterocycles. The molecule has 26 heavy (non-hydrogen) atoms. The number of benzene rings is 1. The zero-order valence-electron chi connectivity index (χ0n) is 15.7. The predicted octanol–water partition coefficient (Wildman–Crippen LogP) is 0.0357. The van der Waals surface area contributed by atoms with Crippen molar-refractivity contribution >= 4 is 5.91 Å². The van der Waals surface area contributed by atoms with E-state index in [1.54, 1.807) is 0 Å². The van der Waals surface area contributed by atoms with Gasteiger partial charge in [0.25, 0.3) is 0 Å². The lowest BCUT2D eigenvalue weighted by Crippen LogP contribution is -2.41. The Balaban J connectivity index is 1.53. The second-order valence-electron chi connectivity index (χ2n) is 7.72. The van der Waals surface area contributed by atoms with Crippen molar-refractivity contribution < 1.29 is 15.0 Å². The number of carbonyl (C=O) groups excluding carboxylic acids is 1. The van der Waals surface area contributed by atoms with E-state index in [9.17, 15) is 9.90 Å². The molecule has 0 aromatic heterocycles. The van der Waals surface area contributed by atoms with E-state index in [4.69, 9.17) is 5.11 Å². The van der Waals surface area contributed by atoms with Crippen molar-refractivity contribution in [2.75, 3.05) is 59.5 Å². The summed E-state index contributed by atoms with van der Waals surface area (Å²) in [6, 6.07) is 8.46. The standard InChI is InChI=1S/C20H31N3O3/c1-21(8-9-24)10-18-12-23(13-19(18)15-25)20(26)14-22-7-6-16-4-2-3-5-17(16)11-22/h2-5,18-19,24-25H,6-15H2,1H3/t18-,19-/m1/s1. The van der Waals surface area contributed by atoms with Crippen LogP contribution in [-0.2, 0) is 17.8 Å². The van der Waals surface area contributed by atoms with Gasteiger partial charge in [0.05, 0.1) is 13.2 Å². The van der Waals surface area contributed by atoms with E-state index in [1.807, 2.05) is 11.9 Å². The summed E-state index contributed by atoms with van der Waals surface area (Å²) < 4.78 is 0. The highest BCUT2D eigenvalue weighted by molar-refractivity contribution is 5.78. The number of hydrogen-bond donors (Lipinski definition) is 2. The van der Waals surface area contributed by atoms with Gasteiger partial charge in [0.15, 0.2) is 0 Å². The van der Waals surface area contributed by atoms with Crippen LogP contribution in [0.1, 0.15) is 11.1 Å². The molecule has 0 bridgehead atoms. The average Bonchev–Trinajstić information content (AvgIpc) is 3.04. The van der Waals surface area contributed by atoms with Crippen molar-refractivity contribution in [1.82, 2.24) is 14.7 Å². The molecule has 2 N–H and O–H groups in total. The molecule has 0 aliphatic carbocycles. The highest BCUT2D eigenvalue weighted by Crippen LogP contribution is 2.25. The van der Waals surface area contributed by atoms with Gasteiger partial charge >= 0.3 is 0 Å². The maximum absolute atomic E-state index is 12.8. The van der Waals surface area contributed by atoms with E-state index >= 15 is 0 Å². The molecular formula is C20H31N3O3. The zero-order valence-corrected chi connectivity index (χ0v) is 15.7. The minimum atomic E-state index is 0.110. The topological polar surface area (TPSA) is 67.2 Å². The van der Waals surface area contributed by atoms with Crippen LogP contribution in [0, 0.1) is 11.8 Å². The minimum Gasteiger partial charge on any atom is -0.396 e. The zero-order chi connectivity index (χ0) is 18.5. The first-order chi connectivity index (χ1) is 12.6. The van der Waals surface area contributed by atoms with Gasteiger partial charge in [-0.25, -0.2) is 0 Å². The van der Waals surface area contributed by atoms with E-state index in [1.165, 1.54) is 11.1 Å². The van der Waals surface area contributed by atoms with Crippen molar-refractivity contribution in [3.63, 3.8) is 0 Å². The first-order valence-electron chi connectivity index (χ1n) is 9.58. The third-order valence-corrected chi connectivity index (χ3v) is 5.76. The molecule has 1 aromatic carbocycles. The Morgan fingerprint density at radius 3 is 2.65 bits per heavy atom. The molecule has 2 atom stereocenters. The summed E-state index contributed by atoms with van der Waals surface area (Å²) in [7, 11) is 1.97. The lowest BCUT2D eigenvalue weighted by Gasteiger charge is -2.29. The van der Waals surface area contributed by atoms with Crippen LogP contribution >= 0.6 is 0 Å². The maximum atomic E-state index is 12.8. The quantitative estimate of drug-likeness (QED) is 0.718. The van der Waals surface area contributed by atoms with Gasteiger partial charge < -0.3 is 20.0 Å². The van der Waals surface area contributed by atoms with Gasteiger partial charge in [0.2, 0.25) is 5.91 Å². The number of aliphatic hydroxyl groups excluding tert-OH is 2. The van der Waals surface area contributed by atoms with Crippen LogP contribution in [0.2, 0.25) is 0 Å². The van der Waals surface area contributed by atoms with Crippen molar-refractivity contribution in [2.24, 2.45) is 11.8 Å². The molecule has 0 unspecified atom stereocenters. The van der Waals surface area contributed by atoms with Crippen LogP contribution in [0.3, 0.4) is 0 Å². The molecule has 1 saturated heterocycles. The van der Waals surface area contributed by atoms with Crippen LogP contribution < -0.4 is 0 Å². The van der Waals surface area contributed by atoms with E-state index in [0.29, 0.717) is 26.2 Å². The summed E-state index contributed by atoms with van der Waals surface area (Å²) >= 11 is 0. The van der Waals surface area contributed by atoms with Crippen LogP contribution in [0.4, 0.5) is 0 Å². The molecule has 0 spiro atoms.